The number of fused-ring (bicyclic) bond motifs is 3. The topological polar surface area (TPSA) is 115 Å². The number of esters is 1. The molecule has 1 aliphatic rings. The van der Waals surface area contributed by atoms with Crippen molar-refractivity contribution in [1.82, 2.24) is 0 Å². The van der Waals surface area contributed by atoms with Crippen LogP contribution in [0.4, 0.5) is 0 Å². The van der Waals surface area contributed by atoms with E-state index in [1.54, 1.807) is 18.2 Å². The van der Waals surface area contributed by atoms with Crippen LogP contribution in [0.25, 0.3) is 22.1 Å². The molecule has 0 fully saturated rings. The molecule has 0 saturated heterocycles. The molecular formula is C34H36O8. The first-order valence-electron chi connectivity index (χ1n) is 13.8. The fourth-order valence-corrected chi connectivity index (χ4v) is 5.62. The molecule has 0 spiro atoms. The lowest BCUT2D eigenvalue weighted by Gasteiger charge is -2.31. The summed E-state index contributed by atoms with van der Waals surface area (Å²) in [6.45, 7) is 12.1. The van der Waals surface area contributed by atoms with Crippen LogP contribution in [0.2, 0.25) is 0 Å². The van der Waals surface area contributed by atoms with Gasteiger partial charge in [-0.05, 0) is 45.2 Å². The number of rotatable bonds is 4. The molecule has 2 N–H and O–H groups in total. The monoisotopic (exact) mass is 572 g/mol. The summed E-state index contributed by atoms with van der Waals surface area (Å²) in [5.41, 5.74) is 2.39. The zero-order valence-electron chi connectivity index (χ0n) is 25.2. The standard InChI is InChI=1S/C34H36O8/c1-33(2,3)21-11-18(12-22(31(21)38)34(4,5)6)19-14-27(36)42-26-15-23(35)29-30(37)20(16-41-32(29)28(19)26)17-9-10-24(39-7)25(13-17)40-8/h9-13,15-16,19,35,38H,14H2,1-8H3/t19-/m0/s1. The predicted molar refractivity (Wildman–Crippen MR) is 160 cm³/mol. The molecule has 0 saturated carbocycles. The fraction of sp³-hybridized carbons (Fsp3) is 0.353. The van der Waals surface area contributed by atoms with Crippen LogP contribution in [0.3, 0.4) is 0 Å². The van der Waals surface area contributed by atoms with Gasteiger partial charge in [0.15, 0.2) is 11.5 Å². The quantitative estimate of drug-likeness (QED) is 0.200. The Morgan fingerprint density at radius 1 is 0.857 bits per heavy atom. The Kier molecular flexibility index (Phi) is 7.00. The highest BCUT2D eigenvalue weighted by atomic mass is 16.5. The van der Waals surface area contributed by atoms with E-state index >= 15 is 0 Å². The van der Waals surface area contributed by atoms with E-state index in [0.717, 1.165) is 16.7 Å². The Bertz CT molecular complexity index is 1750. The first-order chi connectivity index (χ1) is 19.6. The van der Waals surface area contributed by atoms with E-state index in [1.165, 1.54) is 26.5 Å². The van der Waals surface area contributed by atoms with E-state index in [9.17, 15) is 19.8 Å². The van der Waals surface area contributed by atoms with Gasteiger partial charge in [0.1, 0.15) is 34.5 Å². The number of methoxy groups -OCH3 is 2. The number of carbonyl (C=O) groups is 1. The van der Waals surface area contributed by atoms with Gasteiger partial charge < -0.3 is 28.8 Å². The summed E-state index contributed by atoms with van der Waals surface area (Å²) in [5, 5.41) is 22.3. The molecular weight excluding hydrogens is 536 g/mol. The van der Waals surface area contributed by atoms with Crippen LogP contribution in [0.15, 0.2) is 51.9 Å². The Morgan fingerprint density at radius 3 is 2.05 bits per heavy atom. The lowest BCUT2D eigenvalue weighted by Crippen LogP contribution is -2.24. The molecule has 0 aliphatic carbocycles. The van der Waals surface area contributed by atoms with Gasteiger partial charge in [-0.3, -0.25) is 9.59 Å². The van der Waals surface area contributed by atoms with Gasteiger partial charge in [-0.1, -0.05) is 59.7 Å². The molecule has 3 aromatic carbocycles. The van der Waals surface area contributed by atoms with E-state index < -0.39 is 28.1 Å². The third kappa shape index (κ3) is 4.85. The molecule has 2 heterocycles. The first-order valence-corrected chi connectivity index (χ1v) is 13.8. The van der Waals surface area contributed by atoms with E-state index in [4.69, 9.17) is 18.6 Å². The zero-order chi connectivity index (χ0) is 30.7. The third-order valence-electron chi connectivity index (χ3n) is 7.82. The maximum absolute atomic E-state index is 13.9. The second-order valence-electron chi connectivity index (χ2n) is 12.8. The van der Waals surface area contributed by atoms with Crippen LogP contribution in [0.5, 0.6) is 28.7 Å². The van der Waals surface area contributed by atoms with Crippen molar-refractivity contribution in [2.24, 2.45) is 0 Å². The van der Waals surface area contributed by atoms with Crippen LogP contribution in [-0.4, -0.2) is 30.4 Å². The summed E-state index contributed by atoms with van der Waals surface area (Å²) >= 11 is 0. The molecule has 4 aromatic rings. The average Bonchev–Trinajstić information content (AvgIpc) is 2.90. The lowest BCUT2D eigenvalue weighted by molar-refractivity contribution is -0.135. The highest BCUT2D eigenvalue weighted by Crippen LogP contribution is 2.48. The minimum absolute atomic E-state index is 0.00798. The molecule has 0 radical (unpaired) electrons. The van der Waals surface area contributed by atoms with E-state index in [0.29, 0.717) is 22.6 Å². The second kappa shape index (κ2) is 10.1. The summed E-state index contributed by atoms with van der Waals surface area (Å²) in [6, 6.07) is 10.2. The Hall–Kier alpha value is -4.46. The van der Waals surface area contributed by atoms with E-state index in [1.807, 2.05) is 53.7 Å². The molecule has 0 unspecified atom stereocenters. The van der Waals surface area contributed by atoms with Crippen molar-refractivity contribution in [3.63, 3.8) is 0 Å². The normalized spacial score (nSPS) is 15.3. The van der Waals surface area contributed by atoms with Crippen LogP contribution in [0.1, 0.15) is 76.1 Å². The number of phenols is 2. The molecule has 1 atom stereocenters. The number of benzene rings is 3. The minimum Gasteiger partial charge on any atom is -0.507 e. The van der Waals surface area contributed by atoms with Crippen molar-refractivity contribution in [1.29, 1.82) is 0 Å². The summed E-state index contributed by atoms with van der Waals surface area (Å²) in [6.07, 6.45) is 1.34. The van der Waals surface area contributed by atoms with Crippen molar-refractivity contribution in [2.45, 2.75) is 64.7 Å². The summed E-state index contributed by atoms with van der Waals surface area (Å²) in [4.78, 5) is 26.7. The van der Waals surface area contributed by atoms with Crippen molar-refractivity contribution >= 4 is 16.9 Å². The summed E-state index contributed by atoms with van der Waals surface area (Å²) in [7, 11) is 3.03. The molecule has 1 aromatic heterocycles. The van der Waals surface area contributed by atoms with Gasteiger partial charge in [-0.2, -0.15) is 0 Å². The zero-order valence-corrected chi connectivity index (χ0v) is 25.2. The Labute approximate surface area is 244 Å². The van der Waals surface area contributed by atoms with Gasteiger partial charge in [0, 0.05) is 17.5 Å². The average molecular weight is 573 g/mol. The van der Waals surface area contributed by atoms with Crippen molar-refractivity contribution < 1.29 is 33.6 Å². The van der Waals surface area contributed by atoms with Crippen LogP contribution in [0, 0.1) is 0 Å². The third-order valence-corrected chi connectivity index (χ3v) is 7.82. The summed E-state index contributed by atoms with van der Waals surface area (Å²) < 4.78 is 22.4. The number of aromatic hydroxyl groups is 2. The number of carbonyl (C=O) groups excluding carboxylic acids is 1. The van der Waals surface area contributed by atoms with Crippen LogP contribution < -0.4 is 19.6 Å². The SMILES string of the molecule is COc1ccc(-c2coc3c4c(cc(O)c3c2=O)OC(=O)C[C@H]4c2cc(C(C)(C)C)c(O)c(C(C)(C)C)c2)cc1OC. The van der Waals surface area contributed by atoms with Crippen molar-refractivity contribution in [3.8, 4) is 39.9 Å². The van der Waals surface area contributed by atoms with E-state index in [2.05, 4.69) is 0 Å². The number of hydrogen-bond donors (Lipinski definition) is 2. The highest BCUT2D eigenvalue weighted by molar-refractivity contribution is 5.94. The van der Waals surface area contributed by atoms with Gasteiger partial charge >= 0.3 is 5.97 Å². The molecule has 0 bridgehead atoms. The van der Waals surface area contributed by atoms with Crippen molar-refractivity contribution in [2.75, 3.05) is 14.2 Å². The highest BCUT2D eigenvalue weighted by Gasteiger charge is 2.36. The summed E-state index contributed by atoms with van der Waals surface area (Å²) in [5.74, 6) is -0.0888. The van der Waals surface area contributed by atoms with Gasteiger partial charge in [0.2, 0.25) is 5.43 Å². The molecule has 0 amide bonds. The number of phenolic OH excluding ortho intramolecular Hbond substituents is 2. The first kappa shape index (κ1) is 29.0. The van der Waals surface area contributed by atoms with Gasteiger partial charge in [0.25, 0.3) is 0 Å². The molecule has 8 nitrogen and oxygen atoms in total. The molecule has 1 aliphatic heterocycles. The van der Waals surface area contributed by atoms with Crippen molar-refractivity contribution in [3.05, 3.63) is 75.1 Å². The van der Waals surface area contributed by atoms with E-state index in [-0.39, 0.29) is 40.2 Å². The Morgan fingerprint density at radius 2 is 1.48 bits per heavy atom. The van der Waals surface area contributed by atoms with Gasteiger partial charge in [0.05, 0.1) is 26.2 Å². The smallest absolute Gasteiger partial charge is 0.312 e. The fourth-order valence-electron chi connectivity index (χ4n) is 5.62. The lowest BCUT2D eigenvalue weighted by atomic mass is 9.75. The predicted octanol–water partition coefficient (Wildman–Crippen LogP) is 6.92. The number of ether oxygens (including phenoxy) is 3. The minimum atomic E-state index is -0.553. The molecule has 5 rings (SSSR count). The number of hydrogen-bond acceptors (Lipinski definition) is 8. The molecule has 42 heavy (non-hydrogen) atoms. The van der Waals surface area contributed by atoms with Crippen LogP contribution >= 0.6 is 0 Å². The van der Waals surface area contributed by atoms with Gasteiger partial charge in [-0.25, -0.2) is 0 Å². The van der Waals surface area contributed by atoms with Crippen LogP contribution in [-0.2, 0) is 15.6 Å². The maximum atomic E-state index is 13.9. The largest absolute Gasteiger partial charge is 0.507 e. The molecule has 8 heteroatoms. The Balaban J connectivity index is 1.78. The second-order valence-corrected chi connectivity index (χ2v) is 12.8. The van der Waals surface area contributed by atoms with Gasteiger partial charge in [-0.15, -0.1) is 0 Å². The molecule has 220 valence electrons. The maximum Gasteiger partial charge on any atom is 0.312 e.